The van der Waals surface area contributed by atoms with Crippen molar-refractivity contribution < 1.29 is 0 Å². The zero-order valence-electron chi connectivity index (χ0n) is 13.2. The average molecular weight is 289 g/mol. The third-order valence-electron chi connectivity index (χ3n) is 4.13. The van der Waals surface area contributed by atoms with E-state index in [1.807, 2.05) is 4.68 Å². The lowest BCUT2D eigenvalue weighted by Gasteiger charge is -2.07. The molecule has 0 unspecified atom stereocenters. The van der Waals surface area contributed by atoms with Crippen molar-refractivity contribution in [2.45, 2.75) is 26.7 Å². The van der Waals surface area contributed by atoms with Crippen molar-refractivity contribution in [1.29, 1.82) is 0 Å². The van der Waals surface area contributed by atoms with Gasteiger partial charge in [0.1, 0.15) is 0 Å². The first-order valence-electron chi connectivity index (χ1n) is 7.66. The third-order valence-corrected chi connectivity index (χ3v) is 4.13. The standard InChI is InChI=1S/C20H21N2/c1-4-17-10-12-19(13-11-17)22-16(3)20(15(2)21-22)14-18-8-6-5-7-9-18/h5-13H,1,4,14H2,2-3H3. The SMILES string of the molecule is [CH2]Cc1ccc(-n2nc(C)c(Cc3ccccc3)c2C)cc1. The van der Waals surface area contributed by atoms with Crippen LogP contribution < -0.4 is 0 Å². The van der Waals surface area contributed by atoms with E-state index in [2.05, 4.69) is 75.4 Å². The van der Waals surface area contributed by atoms with Crippen LogP contribution in [0.5, 0.6) is 0 Å². The van der Waals surface area contributed by atoms with Crippen LogP contribution in [-0.2, 0) is 12.8 Å². The molecule has 2 aromatic carbocycles. The smallest absolute Gasteiger partial charge is 0.0649 e. The Morgan fingerprint density at radius 2 is 1.59 bits per heavy atom. The van der Waals surface area contributed by atoms with E-state index < -0.39 is 0 Å². The van der Waals surface area contributed by atoms with Gasteiger partial charge in [0.05, 0.1) is 11.4 Å². The Balaban J connectivity index is 1.95. The van der Waals surface area contributed by atoms with Crippen molar-refractivity contribution in [3.63, 3.8) is 0 Å². The van der Waals surface area contributed by atoms with Crippen LogP contribution in [0.25, 0.3) is 5.69 Å². The minimum absolute atomic E-state index is 0.816. The summed E-state index contributed by atoms with van der Waals surface area (Å²) in [6.07, 6.45) is 1.74. The molecule has 2 nitrogen and oxygen atoms in total. The Morgan fingerprint density at radius 1 is 0.909 bits per heavy atom. The molecule has 1 radical (unpaired) electrons. The zero-order chi connectivity index (χ0) is 15.5. The van der Waals surface area contributed by atoms with Crippen LogP contribution in [0.1, 0.15) is 28.1 Å². The van der Waals surface area contributed by atoms with Gasteiger partial charge in [-0.25, -0.2) is 4.68 Å². The molecule has 0 spiro atoms. The number of benzene rings is 2. The van der Waals surface area contributed by atoms with E-state index >= 15 is 0 Å². The van der Waals surface area contributed by atoms with E-state index in [4.69, 9.17) is 5.10 Å². The highest BCUT2D eigenvalue weighted by molar-refractivity contribution is 5.40. The molecular weight excluding hydrogens is 268 g/mol. The highest BCUT2D eigenvalue weighted by Crippen LogP contribution is 2.21. The molecule has 1 heterocycles. The van der Waals surface area contributed by atoms with Crippen LogP contribution in [-0.4, -0.2) is 9.78 Å². The molecule has 0 aliphatic carbocycles. The predicted octanol–water partition coefficient (Wildman–Crippen LogP) is 4.46. The van der Waals surface area contributed by atoms with Crippen molar-refractivity contribution in [1.82, 2.24) is 9.78 Å². The van der Waals surface area contributed by atoms with Gasteiger partial charge in [-0.1, -0.05) is 42.5 Å². The first kappa shape index (κ1) is 14.6. The van der Waals surface area contributed by atoms with Crippen LogP contribution >= 0.6 is 0 Å². The summed E-state index contributed by atoms with van der Waals surface area (Å²) in [4.78, 5) is 0. The number of aryl methyl sites for hydroxylation is 1. The summed E-state index contributed by atoms with van der Waals surface area (Å²) in [5.41, 5.74) is 7.30. The fourth-order valence-corrected chi connectivity index (χ4v) is 2.79. The Kier molecular flexibility index (Phi) is 4.10. The van der Waals surface area contributed by atoms with Gasteiger partial charge in [-0.2, -0.15) is 5.10 Å². The maximum absolute atomic E-state index is 4.73. The summed E-state index contributed by atoms with van der Waals surface area (Å²) in [6, 6.07) is 19.0. The first-order valence-corrected chi connectivity index (χ1v) is 7.66. The van der Waals surface area contributed by atoms with Crippen molar-refractivity contribution in [3.8, 4) is 5.69 Å². The zero-order valence-corrected chi connectivity index (χ0v) is 13.2. The monoisotopic (exact) mass is 289 g/mol. The maximum atomic E-state index is 4.73. The van der Waals surface area contributed by atoms with Gasteiger partial charge in [0, 0.05) is 17.7 Å². The molecule has 2 heteroatoms. The molecule has 0 amide bonds. The molecule has 0 N–H and O–H groups in total. The molecule has 0 aliphatic rings. The Bertz CT molecular complexity index is 752. The van der Waals surface area contributed by atoms with E-state index in [1.165, 1.54) is 22.4 Å². The molecule has 1 aromatic heterocycles. The second kappa shape index (κ2) is 6.18. The van der Waals surface area contributed by atoms with Crippen LogP contribution in [0.15, 0.2) is 54.6 Å². The average Bonchev–Trinajstić information content (AvgIpc) is 2.84. The summed E-state index contributed by atoms with van der Waals surface area (Å²) in [5.74, 6) is 0. The summed E-state index contributed by atoms with van der Waals surface area (Å²) in [6.45, 7) is 8.15. The van der Waals surface area contributed by atoms with E-state index in [-0.39, 0.29) is 0 Å². The molecule has 0 bridgehead atoms. The maximum Gasteiger partial charge on any atom is 0.0649 e. The first-order chi connectivity index (χ1) is 10.7. The van der Waals surface area contributed by atoms with Gasteiger partial charge in [0.2, 0.25) is 0 Å². The summed E-state index contributed by atoms with van der Waals surface area (Å²) < 4.78 is 2.04. The molecule has 22 heavy (non-hydrogen) atoms. The van der Waals surface area contributed by atoms with Crippen molar-refractivity contribution in [2.24, 2.45) is 0 Å². The summed E-state index contributed by atoms with van der Waals surface area (Å²) in [5, 5.41) is 4.73. The lowest BCUT2D eigenvalue weighted by atomic mass is 10.0. The van der Waals surface area contributed by atoms with Crippen LogP contribution in [0.2, 0.25) is 0 Å². The number of aromatic nitrogens is 2. The molecule has 0 saturated heterocycles. The van der Waals surface area contributed by atoms with Crippen molar-refractivity contribution in [2.75, 3.05) is 0 Å². The minimum atomic E-state index is 0.816. The van der Waals surface area contributed by atoms with Gasteiger partial charge < -0.3 is 0 Å². The van der Waals surface area contributed by atoms with Gasteiger partial charge in [-0.3, -0.25) is 0 Å². The Labute approximate surface area is 132 Å². The van der Waals surface area contributed by atoms with Gasteiger partial charge in [-0.05, 0) is 50.5 Å². The summed E-state index contributed by atoms with van der Waals surface area (Å²) >= 11 is 0. The molecule has 0 fully saturated rings. The second-order valence-corrected chi connectivity index (χ2v) is 5.64. The number of nitrogens with zero attached hydrogens (tertiary/aromatic N) is 2. The molecule has 0 saturated carbocycles. The lowest BCUT2D eigenvalue weighted by molar-refractivity contribution is 0.832. The normalized spacial score (nSPS) is 10.9. The van der Waals surface area contributed by atoms with E-state index in [9.17, 15) is 0 Å². The molecule has 111 valence electrons. The Morgan fingerprint density at radius 3 is 2.23 bits per heavy atom. The molecule has 0 atom stereocenters. The van der Waals surface area contributed by atoms with E-state index in [1.54, 1.807) is 0 Å². The third kappa shape index (κ3) is 2.82. The van der Waals surface area contributed by atoms with Gasteiger partial charge >= 0.3 is 0 Å². The number of hydrogen-bond acceptors (Lipinski definition) is 1. The Hall–Kier alpha value is -2.35. The molecule has 3 rings (SSSR count). The van der Waals surface area contributed by atoms with Crippen molar-refractivity contribution in [3.05, 3.63) is 89.6 Å². The summed E-state index contributed by atoms with van der Waals surface area (Å²) in [7, 11) is 0. The van der Waals surface area contributed by atoms with Crippen LogP contribution in [0.4, 0.5) is 0 Å². The minimum Gasteiger partial charge on any atom is -0.238 e. The topological polar surface area (TPSA) is 17.8 Å². The molecule has 3 aromatic rings. The van der Waals surface area contributed by atoms with E-state index in [0.29, 0.717) is 0 Å². The highest BCUT2D eigenvalue weighted by Gasteiger charge is 2.13. The van der Waals surface area contributed by atoms with Gasteiger partial charge in [0.25, 0.3) is 0 Å². The molecule has 0 aliphatic heterocycles. The molecular formula is C20H21N2. The van der Waals surface area contributed by atoms with Crippen LogP contribution in [0.3, 0.4) is 0 Å². The highest BCUT2D eigenvalue weighted by atomic mass is 15.3. The van der Waals surface area contributed by atoms with Crippen LogP contribution in [0, 0.1) is 20.8 Å². The fraction of sp³-hybridized carbons (Fsp3) is 0.200. The largest absolute Gasteiger partial charge is 0.238 e. The second-order valence-electron chi connectivity index (χ2n) is 5.64. The quantitative estimate of drug-likeness (QED) is 0.693. The number of hydrogen-bond donors (Lipinski definition) is 0. The fourth-order valence-electron chi connectivity index (χ4n) is 2.79. The van der Waals surface area contributed by atoms with Crippen molar-refractivity contribution >= 4 is 0 Å². The van der Waals surface area contributed by atoms with Gasteiger partial charge in [-0.15, -0.1) is 0 Å². The van der Waals surface area contributed by atoms with Gasteiger partial charge in [0.15, 0.2) is 0 Å². The number of rotatable bonds is 4. The predicted molar refractivity (Wildman–Crippen MR) is 91.3 cm³/mol. The van der Waals surface area contributed by atoms with E-state index in [0.717, 1.165) is 24.2 Å². The lowest BCUT2D eigenvalue weighted by Crippen LogP contribution is -2.00.